The molecule has 0 bridgehead atoms. The van der Waals surface area contributed by atoms with Crippen LogP contribution in [0.3, 0.4) is 0 Å². The van der Waals surface area contributed by atoms with Crippen LogP contribution in [0.15, 0.2) is 30.6 Å². The minimum Gasteiger partial charge on any atom is -0.465 e. The summed E-state index contributed by atoms with van der Waals surface area (Å²) in [4.78, 5) is 40.6. The fourth-order valence-corrected chi connectivity index (χ4v) is 6.43. The maximum absolute atomic E-state index is 13.8. The lowest BCUT2D eigenvalue weighted by atomic mass is 9.97. The van der Waals surface area contributed by atoms with Crippen LogP contribution >= 0.6 is 23.4 Å². The molecule has 2 aromatic rings. The zero-order chi connectivity index (χ0) is 26.0. The molecule has 2 atom stereocenters. The number of carbonyl (C=O) groups is 2. The zero-order valence-electron chi connectivity index (χ0n) is 21.3. The molecule has 4 rings (SSSR count). The van der Waals surface area contributed by atoms with E-state index in [1.54, 1.807) is 23.4 Å². The molecule has 2 amide bonds. The molecule has 1 saturated heterocycles. The third-order valence-electron chi connectivity index (χ3n) is 6.82. The molecular formula is C26H34ClN5O3S. The number of anilines is 1. The van der Waals surface area contributed by atoms with Crippen LogP contribution in [0.4, 0.5) is 10.6 Å². The first kappa shape index (κ1) is 26.5. The van der Waals surface area contributed by atoms with Crippen LogP contribution in [-0.4, -0.2) is 74.6 Å². The van der Waals surface area contributed by atoms with E-state index < -0.39 is 17.7 Å². The number of halogens is 1. The third kappa shape index (κ3) is 5.57. The van der Waals surface area contributed by atoms with Crippen LogP contribution < -0.4 is 4.90 Å². The van der Waals surface area contributed by atoms with Gasteiger partial charge in [-0.2, -0.15) is 0 Å². The van der Waals surface area contributed by atoms with Crippen LogP contribution in [0.25, 0.3) is 0 Å². The van der Waals surface area contributed by atoms with E-state index in [4.69, 9.17) is 11.6 Å². The normalized spacial score (nSPS) is 18.6. The smallest absolute Gasteiger partial charge is 0.408 e. The first-order chi connectivity index (χ1) is 17.1. The number of nitrogens with zero attached hydrogens (tertiary/aromatic N) is 5. The molecule has 2 aliphatic rings. The number of carboxylic acid groups (broad SMARTS) is 1. The lowest BCUT2D eigenvalue weighted by Crippen LogP contribution is -2.60. The molecule has 10 heteroatoms. The summed E-state index contributed by atoms with van der Waals surface area (Å²) in [6.45, 7) is 9.95. The van der Waals surface area contributed by atoms with Crippen molar-refractivity contribution in [3.8, 4) is 0 Å². The fraction of sp³-hybridized carbons (Fsp3) is 0.538. The highest BCUT2D eigenvalue weighted by molar-refractivity contribution is 7.99. The Bertz CT molecular complexity index is 1100. The lowest BCUT2D eigenvalue weighted by molar-refractivity contribution is -0.138. The van der Waals surface area contributed by atoms with E-state index in [-0.39, 0.29) is 12.3 Å². The van der Waals surface area contributed by atoms with Gasteiger partial charge in [-0.05, 0) is 44.9 Å². The van der Waals surface area contributed by atoms with Crippen molar-refractivity contribution < 1.29 is 14.7 Å². The van der Waals surface area contributed by atoms with Crippen molar-refractivity contribution in [1.29, 1.82) is 0 Å². The van der Waals surface area contributed by atoms with Crippen LogP contribution in [0, 0.1) is 0 Å². The first-order valence-electron chi connectivity index (χ1n) is 12.4. The third-order valence-corrected chi connectivity index (χ3v) is 8.48. The molecule has 3 heterocycles. The van der Waals surface area contributed by atoms with Crippen molar-refractivity contribution in [1.82, 2.24) is 19.8 Å². The second-order valence-corrected chi connectivity index (χ2v) is 11.9. The predicted molar refractivity (Wildman–Crippen MR) is 144 cm³/mol. The van der Waals surface area contributed by atoms with Gasteiger partial charge in [0.1, 0.15) is 18.2 Å². The van der Waals surface area contributed by atoms with Gasteiger partial charge in [-0.15, -0.1) is 11.8 Å². The summed E-state index contributed by atoms with van der Waals surface area (Å²) < 4.78 is 0. The Morgan fingerprint density at radius 2 is 1.83 bits per heavy atom. The molecule has 0 aliphatic carbocycles. The van der Waals surface area contributed by atoms with Gasteiger partial charge in [-0.1, -0.05) is 30.7 Å². The van der Waals surface area contributed by atoms with Crippen LogP contribution in [0.2, 0.25) is 5.02 Å². The van der Waals surface area contributed by atoms with Gasteiger partial charge in [-0.25, -0.2) is 14.8 Å². The van der Waals surface area contributed by atoms with Gasteiger partial charge in [0, 0.05) is 59.7 Å². The standard InChI is InChI=1S/C26H34ClN5O3S/c1-5-21-22-19(15-36-21)28-16-29-23(22)30-10-12-31(13-11-30)24(33)20(32(25(34)35)26(2,3)4)14-17-6-8-18(27)9-7-17/h6-9,16,20-21H,5,10-15H2,1-4H3,(H,34,35)/t20?,21-/m1/s1. The van der Waals surface area contributed by atoms with E-state index in [0.29, 0.717) is 36.5 Å². The number of benzene rings is 1. The molecular weight excluding hydrogens is 498 g/mol. The van der Waals surface area contributed by atoms with Crippen molar-refractivity contribution in [3.63, 3.8) is 0 Å². The number of hydrogen-bond donors (Lipinski definition) is 1. The zero-order valence-corrected chi connectivity index (χ0v) is 22.8. The Morgan fingerprint density at radius 1 is 1.17 bits per heavy atom. The molecule has 1 aromatic carbocycles. The Morgan fingerprint density at radius 3 is 2.42 bits per heavy atom. The van der Waals surface area contributed by atoms with Crippen molar-refractivity contribution in [2.24, 2.45) is 0 Å². The number of piperazine rings is 1. The highest BCUT2D eigenvalue weighted by Crippen LogP contribution is 2.46. The summed E-state index contributed by atoms with van der Waals surface area (Å²) in [5, 5.41) is 11.1. The second-order valence-electron chi connectivity index (χ2n) is 10.2. The molecule has 8 nitrogen and oxygen atoms in total. The molecule has 0 spiro atoms. The van der Waals surface area contributed by atoms with Crippen molar-refractivity contribution in [2.75, 3.05) is 31.1 Å². The van der Waals surface area contributed by atoms with Gasteiger partial charge in [0.2, 0.25) is 5.91 Å². The van der Waals surface area contributed by atoms with Gasteiger partial charge in [0.05, 0.1) is 5.69 Å². The molecule has 1 unspecified atom stereocenters. The Labute approximate surface area is 222 Å². The van der Waals surface area contributed by atoms with E-state index in [1.165, 1.54) is 10.5 Å². The average molecular weight is 532 g/mol. The molecule has 2 aliphatic heterocycles. The van der Waals surface area contributed by atoms with Gasteiger partial charge >= 0.3 is 6.09 Å². The summed E-state index contributed by atoms with van der Waals surface area (Å²) in [5.74, 6) is 1.71. The minimum atomic E-state index is -1.10. The number of aromatic nitrogens is 2. The average Bonchev–Trinajstić information content (AvgIpc) is 3.27. The minimum absolute atomic E-state index is 0.170. The lowest BCUT2D eigenvalue weighted by Gasteiger charge is -2.43. The van der Waals surface area contributed by atoms with Gasteiger partial charge in [0.15, 0.2) is 0 Å². The van der Waals surface area contributed by atoms with Gasteiger partial charge < -0.3 is 14.9 Å². The van der Waals surface area contributed by atoms with E-state index in [2.05, 4.69) is 21.8 Å². The van der Waals surface area contributed by atoms with E-state index in [1.807, 2.05) is 44.7 Å². The van der Waals surface area contributed by atoms with Crippen LogP contribution in [0.1, 0.15) is 56.2 Å². The summed E-state index contributed by atoms with van der Waals surface area (Å²) >= 11 is 7.95. The number of carbonyl (C=O) groups excluding carboxylic acids is 1. The van der Waals surface area contributed by atoms with E-state index in [0.717, 1.165) is 29.2 Å². The van der Waals surface area contributed by atoms with Gasteiger partial charge in [-0.3, -0.25) is 9.69 Å². The van der Waals surface area contributed by atoms with E-state index >= 15 is 0 Å². The Kier molecular flexibility index (Phi) is 7.99. The number of thioether (sulfide) groups is 1. The molecule has 1 fully saturated rings. The van der Waals surface area contributed by atoms with Crippen molar-refractivity contribution >= 4 is 41.2 Å². The summed E-state index contributed by atoms with van der Waals surface area (Å²) in [6.07, 6.45) is 1.85. The maximum atomic E-state index is 13.8. The number of fused-ring (bicyclic) bond motifs is 1. The summed E-state index contributed by atoms with van der Waals surface area (Å²) in [6, 6.07) is 6.39. The Balaban J connectivity index is 1.54. The topological polar surface area (TPSA) is 89.9 Å². The second kappa shape index (κ2) is 10.8. The number of hydrogen-bond acceptors (Lipinski definition) is 6. The highest BCUT2D eigenvalue weighted by atomic mass is 35.5. The van der Waals surface area contributed by atoms with E-state index in [9.17, 15) is 14.7 Å². The largest absolute Gasteiger partial charge is 0.465 e. The first-order valence-corrected chi connectivity index (χ1v) is 13.8. The molecule has 0 saturated carbocycles. The van der Waals surface area contributed by atoms with Crippen LogP contribution in [-0.2, 0) is 17.0 Å². The molecule has 1 aromatic heterocycles. The fourth-order valence-electron chi connectivity index (χ4n) is 5.07. The molecule has 0 radical (unpaired) electrons. The SMILES string of the molecule is CC[C@H]1SCc2ncnc(N3CCN(C(=O)C(Cc4ccc(Cl)cc4)N(C(=O)O)C(C)(C)C)CC3)c21. The van der Waals surface area contributed by atoms with Gasteiger partial charge in [0.25, 0.3) is 0 Å². The molecule has 36 heavy (non-hydrogen) atoms. The maximum Gasteiger partial charge on any atom is 0.408 e. The van der Waals surface area contributed by atoms with Crippen LogP contribution in [0.5, 0.6) is 0 Å². The summed E-state index contributed by atoms with van der Waals surface area (Å²) in [5.41, 5.74) is 2.47. The monoisotopic (exact) mass is 531 g/mol. The quantitative estimate of drug-likeness (QED) is 0.569. The van der Waals surface area contributed by atoms with Crippen molar-refractivity contribution in [2.45, 2.75) is 63.1 Å². The number of rotatable bonds is 6. The molecule has 1 N–H and O–H groups in total. The number of amides is 2. The van der Waals surface area contributed by atoms with Crippen molar-refractivity contribution in [3.05, 3.63) is 52.4 Å². The highest BCUT2D eigenvalue weighted by Gasteiger charge is 2.40. The Hall–Kier alpha value is -2.52. The predicted octanol–water partition coefficient (Wildman–Crippen LogP) is 4.87. The summed E-state index contributed by atoms with van der Waals surface area (Å²) in [7, 11) is 0. The molecule has 194 valence electrons.